The van der Waals surface area contributed by atoms with Gasteiger partial charge < -0.3 is 11.1 Å². The van der Waals surface area contributed by atoms with E-state index in [2.05, 4.69) is 15.9 Å². The molecule has 3 N–H and O–H groups in total. The van der Waals surface area contributed by atoms with Crippen molar-refractivity contribution in [3.63, 3.8) is 0 Å². The summed E-state index contributed by atoms with van der Waals surface area (Å²) in [4.78, 5) is 0. The zero-order chi connectivity index (χ0) is 5.86. The van der Waals surface area contributed by atoms with E-state index >= 15 is 0 Å². The van der Waals surface area contributed by atoms with Crippen LogP contribution in [0.1, 0.15) is 6.92 Å². The Bertz CT molecular complexity index is 102. The molecule has 0 amide bonds. The minimum Gasteiger partial charge on any atom is -0.401 e. The van der Waals surface area contributed by atoms with Crippen molar-refractivity contribution in [2.75, 3.05) is 0 Å². The molecule has 0 aliphatic rings. The van der Waals surface area contributed by atoms with Gasteiger partial charge in [-0.25, -0.2) is 0 Å². The Kier molecular flexibility index (Phi) is 2.67. The summed E-state index contributed by atoms with van der Waals surface area (Å²) in [6, 6.07) is 0. The monoisotopic (exact) mass is 162 g/mol. The van der Waals surface area contributed by atoms with Crippen molar-refractivity contribution in [2.45, 2.75) is 6.92 Å². The zero-order valence-electron chi connectivity index (χ0n) is 4.03. The van der Waals surface area contributed by atoms with Gasteiger partial charge in [-0.2, -0.15) is 0 Å². The van der Waals surface area contributed by atoms with Crippen molar-refractivity contribution in [2.24, 2.45) is 5.73 Å². The fourth-order valence-corrected chi connectivity index (χ4v) is 0.114. The van der Waals surface area contributed by atoms with Gasteiger partial charge in [0.05, 0.1) is 4.48 Å². The summed E-state index contributed by atoms with van der Waals surface area (Å²) in [6.45, 7) is 1.73. The van der Waals surface area contributed by atoms with Gasteiger partial charge >= 0.3 is 0 Å². The van der Waals surface area contributed by atoms with Crippen molar-refractivity contribution in [3.8, 4) is 0 Å². The van der Waals surface area contributed by atoms with Crippen LogP contribution in [0, 0.1) is 5.41 Å². The van der Waals surface area contributed by atoms with Crippen molar-refractivity contribution in [3.05, 3.63) is 10.2 Å². The fourth-order valence-electron chi connectivity index (χ4n) is 0.114. The lowest BCUT2D eigenvalue weighted by Gasteiger charge is -1.87. The van der Waals surface area contributed by atoms with Crippen LogP contribution in [0.5, 0.6) is 0 Å². The number of hydrogen-bond acceptors (Lipinski definition) is 2. The van der Waals surface area contributed by atoms with Crippen LogP contribution in [0.3, 0.4) is 0 Å². The third kappa shape index (κ3) is 2.39. The fraction of sp³-hybridized carbons (Fsp3) is 0.250. The summed E-state index contributed by atoms with van der Waals surface area (Å²) < 4.78 is 0.646. The molecule has 0 aromatic rings. The Hall–Kier alpha value is -0.310. The third-order valence-corrected chi connectivity index (χ3v) is 1.36. The van der Waals surface area contributed by atoms with Gasteiger partial charge in [0.1, 0.15) is 0 Å². The first-order valence-corrected chi connectivity index (χ1v) is 2.60. The Morgan fingerprint density at radius 3 is 2.29 bits per heavy atom. The van der Waals surface area contributed by atoms with Crippen LogP contribution < -0.4 is 5.73 Å². The molecule has 0 aromatic carbocycles. The average molecular weight is 163 g/mol. The Balaban J connectivity index is 3.98. The number of halogens is 1. The lowest BCUT2D eigenvalue weighted by molar-refractivity contribution is 1.32. The molecule has 0 unspecified atom stereocenters. The molecule has 0 aliphatic carbocycles. The predicted molar refractivity (Wildman–Crippen MR) is 34.6 cm³/mol. The molecule has 0 radical (unpaired) electrons. The van der Waals surface area contributed by atoms with Gasteiger partial charge in [0, 0.05) is 11.9 Å². The molecule has 40 valence electrons. The molecule has 0 atom stereocenters. The van der Waals surface area contributed by atoms with Crippen molar-refractivity contribution in [1.29, 1.82) is 5.41 Å². The first-order valence-electron chi connectivity index (χ1n) is 1.81. The van der Waals surface area contributed by atoms with Crippen molar-refractivity contribution < 1.29 is 0 Å². The standard InChI is InChI=1S/C4H7BrN2/c1-3(7)4(5)2-6/h2,6H,7H2,1H3/b4-3+,6-2?. The van der Waals surface area contributed by atoms with Gasteiger partial charge in [-0.3, -0.25) is 0 Å². The number of nitrogens with one attached hydrogen (secondary N) is 1. The van der Waals surface area contributed by atoms with Crippen LogP contribution in [-0.4, -0.2) is 6.21 Å². The molecular formula is C4H7BrN2. The summed E-state index contributed by atoms with van der Waals surface area (Å²) in [5.41, 5.74) is 5.86. The number of rotatable bonds is 1. The summed E-state index contributed by atoms with van der Waals surface area (Å²) >= 11 is 3.05. The van der Waals surface area contributed by atoms with E-state index in [-0.39, 0.29) is 0 Å². The Morgan fingerprint density at radius 1 is 1.86 bits per heavy atom. The molecular weight excluding hydrogens is 156 g/mol. The average Bonchev–Trinajstić information content (AvgIpc) is 1.65. The topological polar surface area (TPSA) is 49.9 Å². The van der Waals surface area contributed by atoms with Crippen LogP contribution in [-0.2, 0) is 0 Å². The van der Waals surface area contributed by atoms with E-state index in [9.17, 15) is 0 Å². The van der Waals surface area contributed by atoms with E-state index in [1.807, 2.05) is 0 Å². The molecule has 0 saturated carbocycles. The summed E-state index contributed by atoms with van der Waals surface area (Å²) in [5, 5.41) is 6.63. The SMILES string of the molecule is C/C(N)=C(\Br)C=N. The maximum Gasteiger partial charge on any atom is 0.0535 e. The van der Waals surface area contributed by atoms with E-state index in [1.54, 1.807) is 6.92 Å². The van der Waals surface area contributed by atoms with Crippen LogP contribution >= 0.6 is 15.9 Å². The van der Waals surface area contributed by atoms with E-state index in [0.717, 1.165) is 6.21 Å². The van der Waals surface area contributed by atoms with Gasteiger partial charge in [0.2, 0.25) is 0 Å². The number of hydrogen-bond donors (Lipinski definition) is 2. The zero-order valence-corrected chi connectivity index (χ0v) is 5.62. The number of nitrogens with two attached hydrogens (primary N) is 1. The predicted octanol–water partition coefficient (Wildman–Crippen LogP) is 1.22. The molecule has 7 heavy (non-hydrogen) atoms. The maximum absolute atomic E-state index is 6.63. The first-order chi connectivity index (χ1) is 3.18. The maximum atomic E-state index is 6.63. The molecule has 2 nitrogen and oxygen atoms in total. The Morgan fingerprint density at radius 2 is 2.29 bits per heavy atom. The minimum atomic E-state index is 0.634. The van der Waals surface area contributed by atoms with E-state index in [4.69, 9.17) is 11.1 Å². The highest BCUT2D eigenvalue weighted by Gasteiger charge is 1.83. The molecule has 0 saturated heterocycles. The van der Waals surface area contributed by atoms with Crippen LogP contribution in [0.4, 0.5) is 0 Å². The van der Waals surface area contributed by atoms with Gasteiger partial charge in [0.25, 0.3) is 0 Å². The van der Waals surface area contributed by atoms with Crippen LogP contribution in [0.15, 0.2) is 10.2 Å². The summed E-state index contributed by atoms with van der Waals surface area (Å²) in [6.07, 6.45) is 1.16. The highest BCUT2D eigenvalue weighted by atomic mass is 79.9. The Labute approximate surface area is 51.0 Å². The summed E-state index contributed by atoms with van der Waals surface area (Å²) in [7, 11) is 0. The van der Waals surface area contributed by atoms with Crippen LogP contribution in [0.25, 0.3) is 0 Å². The molecule has 0 spiro atoms. The first kappa shape index (κ1) is 6.69. The molecule has 3 heteroatoms. The van der Waals surface area contributed by atoms with Gasteiger partial charge in [-0.05, 0) is 22.9 Å². The normalized spacial score (nSPS) is 12.9. The number of allylic oxidation sites excluding steroid dienone is 2. The smallest absolute Gasteiger partial charge is 0.0535 e. The van der Waals surface area contributed by atoms with E-state index in [1.165, 1.54) is 0 Å². The summed E-state index contributed by atoms with van der Waals surface area (Å²) in [5.74, 6) is 0. The highest BCUT2D eigenvalue weighted by Crippen LogP contribution is 2.01. The lowest BCUT2D eigenvalue weighted by Crippen LogP contribution is -1.93. The molecule has 0 aliphatic heterocycles. The van der Waals surface area contributed by atoms with Crippen molar-refractivity contribution in [1.82, 2.24) is 0 Å². The molecule has 0 rings (SSSR count). The second kappa shape index (κ2) is 2.80. The molecule has 0 bridgehead atoms. The molecule has 0 heterocycles. The second-order valence-electron chi connectivity index (χ2n) is 1.18. The minimum absolute atomic E-state index is 0.634. The molecule has 0 fully saturated rings. The van der Waals surface area contributed by atoms with E-state index in [0.29, 0.717) is 10.2 Å². The van der Waals surface area contributed by atoms with Gasteiger partial charge in [-0.15, -0.1) is 0 Å². The van der Waals surface area contributed by atoms with Gasteiger partial charge in [-0.1, -0.05) is 0 Å². The third-order valence-electron chi connectivity index (χ3n) is 0.503. The quantitative estimate of drug-likeness (QED) is 0.561. The molecule has 0 aromatic heterocycles. The van der Waals surface area contributed by atoms with E-state index < -0.39 is 0 Å². The second-order valence-corrected chi connectivity index (χ2v) is 2.03. The highest BCUT2D eigenvalue weighted by molar-refractivity contribution is 9.12. The van der Waals surface area contributed by atoms with Gasteiger partial charge in [0.15, 0.2) is 0 Å². The van der Waals surface area contributed by atoms with Crippen LogP contribution in [0.2, 0.25) is 0 Å². The van der Waals surface area contributed by atoms with Crippen molar-refractivity contribution >= 4 is 22.1 Å². The lowest BCUT2D eigenvalue weighted by atomic mass is 10.5. The largest absolute Gasteiger partial charge is 0.401 e.